The molecule has 1 aromatic rings. The molecule has 1 aromatic heterocycles. The van der Waals surface area contributed by atoms with Crippen LogP contribution in [0, 0.1) is 11.3 Å². The van der Waals surface area contributed by atoms with Crippen LogP contribution in [0.1, 0.15) is 19.3 Å². The Labute approximate surface area is 158 Å². The number of anilines is 1. The highest BCUT2D eigenvalue weighted by atomic mass is 32.1. The molecule has 1 aliphatic carbocycles. The Hall–Kier alpha value is -2.05. The Morgan fingerprint density at radius 3 is 2.32 bits per heavy atom. The van der Waals surface area contributed by atoms with Crippen molar-refractivity contribution in [1.29, 1.82) is 0 Å². The summed E-state index contributed by atoms with van der Waals surface area (Å²) in [7, 11) is 0. The number of alkyl halides is 6. The molecule has 156 valence electrons. The molecule has 1 N–H and O–H groups in total. The molecule has 1 atom stereocenters. The van der Waals surface area contributed by atoms with Crippen LogP contribution in [0.4, 0.5) is 36.3 Å². The predicted molar refractivity (Wildman–Crippen MR) is 84.5 cm³/mol. The van der Waals surface area contributed by atoms with Gasteiger partial charge in [-0.25, -0.2) is 9.78 Å². The number of halogens is 6. The smallest absolute Gasteiger partial charge is 0.426 e. The number of nitrogens with zero attached hydrogens (tertiary/aromatic N) is 2. The van der Waals surface area contributed by atoms with Crippen molar-refractivity contribution >= 4 is 28.5 Å². The molecular weight excluding hydrogens is 416 g/mol. The molecular formula is C15H15F6N3O3S. The Kier molecular flexibility index (Phi) is 5.23. The van der Waals surface area contributed by atoms with Crippen molar-refractivity contribution in [3.63, 3.8) is 0 Å². The molecule has 13 heteroatoms. The number of piperidine rings is 1. The average Bonchev–Trinajstić information content (AvgIpc) is 3.02. The van der Waals surface area contributed by atoms with E-state index in [0.717, 1.165) is 4.90 Å². The topological polar surface area (TPSA) is 71.5 Å². The van der Waals surface area contributed by atoms with Crippen molar-refractivity contribution in [2.45, 2.75) is 37.7 Å². The minimum atomic E-state index is -5.75. The van der Waals surface area contributed by atoms with Crippen molar-refractivity contribution in [1.82, 2.24) is 9.88 Å². The molecule has 6 nitrogen and oxygen atoms in total. The first-order chi connectivity index (χ1) is 12.9. The highest BCUT2D eigenvalue weighted by molar-refractivity contribution is 7.13. The van der Waals surface area contributed by atoms with Crippen LogP contribution in [0.15, 0.2) is 11.6 Å². The van der Waals surface area contributed by atoms with Crippen LogP contribution in [0.2, 0.25) is 0 Å². The lowest BCUT2D eigenvalue weighted by atomic mass is 9.91. The summed E-state index contributed by atoms with van der Waals surface area (Å²) in [4.78, 5) is 28.8. The molecule has 2 fully saturated rings. The van der Waals surface area contributed by atoms with Crippen LogP contribution >= 0.6 is 11.3 Å². The fourth-order valence-electron chi connectivity index (χ4n) is 3.38. The Bertz CT molecular complexity index is 714. The number of thiazole rings is 1. The quantitative estimate of drug-likeness (QED) is 0.739. The van der Waals surface area contributed by atoms with Crippen LogP contribution < -0.4 is 5.32 Å². The third-order valence-electron chi connectivity index (χ3n) is 5.00. The van der Waals surface area contributed by atoms with E-state index in [4.69, 9.17) is 0 Å². The van der Waals surface area contributed by atoms with Gasteiger partial charge in [-0.05, 0) is 24.7 Å². The fourth-order valence-corrected chi connectivity index (χ4v) is 3.91. The minimum Gasteiger partial charge on any atom is -0.426 e. The standard InChI is InChI=1S/C15H15F6N3O3S/c16-14(17,18)10(15(19,20)21)27-12(26)24-4-1-13(2-5-24)7-8(13)9(25)23-11-22-3-6-28-11/h3,6,8,10H,1-2,4-5,7H2,(H,22,23,25)/t8-/m1/s1. The molecule has 2 amide bonds. The largest absolute Gasteiger partial charge is 0.434 e. The van der Waals surface area contributed by atoms with Crippen LogP contribution in [0.25, 0.3) is 0 Å². The highest BCUT2D eigenvalue weighted by Crippen LogP contribution is 2.59. The van der Waals surface area contributed by atoms with Gasteiger partial charge in [0.15, 0.2) is 5.13 Å². The summed E-state index contributed by atoms with van der Waals surface area (Å²) < 4.78 is 78.7. The van der Waals surface area contributed by atoms with Gasteiger partial charge in [0.1, 0.15) is 0 Å². The second-order valence-electron chi connectivity index (χ2n) is 6.78. The summed E-state index contributed by atoms with van der Waals surface area (Å²) >= 11 is 1.25. The summed E-state index contributed by atoms with van der Waals surface area (Å²) in [6, 6.07) is 0. The number of amides is 2. The normalized spacial score (nSPS) is 21.7. The van der Waals surface area contributed by atoms with Gasteiger partial charge in [0.05, 0.1) is 0 Å². The molecule has 3 rings (SSSR count). The summed E-state index contributed by atoms with van der Waals surface area (Å²) in [6.45, 7) is -0.162. The number of nitrogens with one attached hydrogen (secondary N) is 1. The number of likely N-dealkylation sites (tertiary alicyclic amines) is 1. The van der Waals surface area contributed by atoms with E-state index in [1.165, 1.54) is 17.5 Å². The zero-order valence-electron chi connectivity index (χ0n) is 14.1. The van der Waals surface area contributed by atoms with Crippen molar-refractivity contribution in [3.8, 4) is 0 Å². The maximum atomic E-state index is 12.5. The first kappa shape index (κ1) is 20.7. The van der Waals surface area contributed by atoms with E-state index < -0.39 is 30.0 Å². The Morgan fingerprint density at radius 1 is 1.21 bits per heavy atom. The second kappa shape index (κ2) is 7.08. The number of aromatic nitrogens is 1. The summed E-state index contributed by atoms with van der Waals surface area (Å²) in [5.41, 5.74) is -0.397. The van der Waals surface area contributed by atoms with Gasteiger partial charge in [0.25, 0.3) is 6.10 Å². The van der Waals surface area contributed by atoms with Crippen LogP contribution in [-0.4, -0.2) is 53.4 Å². The third-order valence-corrected chi connectivity index (χ3v) is 5.69. The first-order valence-corrected chi connectivity index (χ1v) is 9.10. The van der Waals surface area contributed by atoms with E-state index >= 15 is 0 Å². The number of carbonyl (C=O) groups is 2. The zero-order valence-corrected chi connectivity index (χ0v) is 15.0. The molecule has 0 unspecified atom stereocenters. The van der Waals surface area contributed by atoms with Gasteiger partial charge in [0, 0.05) is 30.6 Å². The highest BCUT2D eigenvalue weighted by Gasteiger charge is 2.61. The summed E-state index contributed by atoms with van der Waals surface area (Å²) in [6.07, 6.45) is -14.7. The molecule has 28 heavy (non-hydrogen) atoms. The minimum absolute atomic E-state index is 0.0811. The first-order valence-electron chi connectivity index (χ1n) is 8.22. The van der Waals surface area contributed by atoms with Crippen LogP contribution in [-0.2, 0) is 9.53 Å². The van der Waals surface area contributed by atoms with Gasteiger partial charge >= 0.3 is 18.4 Å². The van der Waals surface area contributed by atoms with Crippen molar-refractivity contribution < 1.29 is 40.7 Å². The lowest BCUT2D eigenvalue weighted by Gasteiger charge is -2.33. The number of hydrogen-bond acceptors (Lipinski definition) is 5. The molecule has 1 saturated carbocycles. The van der Waals surface area contributed by atoms with Crippen molar-refractivity contribution in [3.05, 3.63) is 11.6 Å². The van der Waals surface area contributed by atoms with E-state index in [1.54, 1.807) is 5.38 Å². The van der Waals surface area contributed by atoms with E-state index in [0.29, 0.717) is 24.4 Å². The number of carbonyl (C=O) groups excluding carboxylic acids is 2. The van der Waals surface area contributed by atoms with Gasteiger partial charge in [-0.3, -0.25) is 4.79 Å². The number of ether oxygens (including phenoxy) is 1. The molecule has 0 bridgehead atoms. The van der Waals surface area contributed by atoms with Gasteiger partial charge < -0.3 is 15.0 Å². The molecule has 0 aromatic carbocycles. The SMILES string of the molecule is O=C(Nc1nccs1)[C@H]1CC12CCN(C(=O)OC(C(F)(F)F)C(F)(F)F)CC2. The summed E-state index contributed by atoms with van der Waals surface area (Å²) in [5.74, 6) is -0.562. The molecule has 2 aliphatic rings. The molecule has 2 heterocycles. The van der Waals surface area contributed by atoms with Gasteiger partial charge in [-0.15, -0.1) is 11.3 Å². The maximum absolute atomic E-state index is 12.5. The number of hydrogen-bond donors (Lipinski definition) is 1. The summed E-state index contributed by atoms with van der Waals surface area (Å²) in [5, 5.41) is 4.80. The van der Waals surface area contributed by atoms with E-state index in [1.807, 2.05) is 0 Å². The van der Waals surface area contributed by atoms with Crippen molar-refractivity contribution in [2.75, 3.05) is 18.4 Å². The molecule has 0 radical (unpaired) electrons. The van der Waals surface area contributed by atoms with Crippen molar-refractivity contribution in [2.24, 2.45) is 11.3 Å². The van der Waals surface area contributed by atoms with E-state index in [9.17, 15) is 35.9 Å². The zero-order chi connectivity index (χ0) is 20.7. The third kappa shape index (κ3) is 4.33. The van der Waals surface area contributed by atoms with Crippen LogP contribution in [0.3, 0.4) is 0 Å². The van der Waals surface area contributed by atoms with Gasteiger partial charge in [-0.2, -0.15) is 26.3 Å². The average molecular weight is 431 g/mol. The monoisotopic (exact) mass is 431 g/mol. The van der Waals surface area contributed by atoms with Crippen LogP contribution in [0.5, 0.6) is 0 Å². The van der Waals surface area contributed by atoms with Gasteiger partial charge in [0.2, 0.25) is 5.91 Å². The van der Waals surface area contributed by atoms with Gasteiger partial charge in [-0.1, -0.05) is 0 Å². The lowest BCUT2D eigenvalue weighted by Crippen LogP contribution is -2.49. The fraction of sp³-hybridized carbons (Fsp3) is 0.667. The Morgan fingerprint density at radius 2 is 1.82 bits per heavy atom. The predicted octanol–water partition coefficient (Wildman–Crippen LogP) is 3.81. The Balaban J connectivity index is 1.53. The molecule has 1 aliphatic heterocycles. The van der Waals surface area contributed by atoms with E-state index in [2.05, 4.69) is 15.0 Å². The molecule has 1 spiro atoms. The maximum Gasteiger partial charge on any atom is 0.434 e. The lowest BCUT2D eigenvalue weighted by molar-refractivity contribution is -0.308. The molecule has 1 saturated heterocycles. The second-order valence-corrected chi connectivity index (χ2v) is 7.67. The number of rotatable bonds is 3. The van der Waals surface area contributed by atoms with E-state index in [-0.39, 0.29) is 24.9 Å².